The summed E-state index contributed by atoms with van der Waals surface area (Å²) in [6.45, 7) is 4.67. The van der Waals surface area contributed by atoms with E-state index in [0.29, 0.717) is 19.1 Å². The zero-order valence-electron chi connectivity index (χ0n) is 9.98. The maximum atomic E-state index is 9.55. The Morgan fingerprint density at radius 1 is 1.35 bits per heavy atom. The molecule has 1 rings (SSSR count). The zero-order chi connectivity index (χ0) is 12.7. The number of hydrogen-bond donors (Lipinski definition) is 2. The lowest BCUT2D eigenvalue weighted by Gasteiger charge is -2.11. The number of ether oxygens (including phenoxy) is 1. The molecule has 96 valence electrons. The maximum Gasteiger partial charge on any atom is 0.322 e. The van der Waals surface area contributed by atoms with Gasteiger partial charge in [0.1, 0.15) is 0 Å². The molecule has 0 saturated carbocycles. The van der Waals surface area contributed by atoms with Gasteiger partial charge < -0.3 is 15.2 Å². The van der Waals surface area contributed by atoms with E-state index in [1.165, 1.54) is 0 Å². The smallest absolute Gasteiger partial charge is 0.322 e. The molecule has 1 aromatic heterocycles. The van der Waals surface area contributed by atoms with Crippen molar-refractivity contribution in [1.29, 1.82) is 0 Å². The van der Waals surface area contributed by atoms with Crippen molar-refractivity contribution in [2.45, 2.75) is 32.8 Å². The molecule has 0 aliphatic rings. The molecule has 0 radical (unpaired) electrons. The fraction of sp³-hybridized carbons (Fsp3) is 0.700. The summed E-state index contributed by atoms with van der Waals surface area (Å²) in [5.41, 5.74) is 0. The van der Waals surface area contributed by atoms with E-state index >= 15 is 0 Å². The second-order valence-electron chi connectivity index (χ2n) is 3.47. The van der Waals surface area contributed by atoms with Gasteiger partial charge in [0.05, 0.1) is 12.7 Å². The molecule has 0 aliphatic carbocycles. The molecule has 2 N–H and O–H groups in total. The van der Waals surface area contributed by atoms with Gasteiger partial charge in [0.25, 0.3) is 0 Å². The maximum absolute atomic E-state index is 9.55. The normalized spacial score (nSPS) is 12.2. The summed E-state index contributed by atoms with van der Waals surface area (Å²) in [5, 5.41) is 12.5. The van der Waals surface area contributed by atoms with Crippen LogP contribution in [0.4, 0.5) is 5.95 Å². The van der Waals surface area contributed by atoms with Crippen molar-refractivity contribution in [2.24, 2.45) is 0 Å². The SMILES string of the molecule is CCCC(O)CNc1nc(Cl)nc(OCC)n1. The first-order chi connectivity index (χ1) is 8.15. The molecule has 0 spiro atoms. The third kappa shape index (κ3) is 5.14. The molecule has 1 aromatic rings. The monoisotopic (exact) mass is 260 g/mol. The molecule has 0 amide bonds. The fourth-order valence-electron chi connectivity index (χ4n) is 1.25. The van der Waals surface area contributed by atoms with E-state index in [0.717, 1.165) is 12.8 Å². The molecule has 6 nitrogen and oxygen atoms in total. The Kier molecular flexibility index (Phi) is 5.93. The van der Waals surface area contributed by atoms with Crippen molar-refractivity contribution >= 4 is 17.5 Å². The fourth-order valence-corrected chi connectivity index (χ4v) is 1.40. The minimum absolute atomic E-state index is 0.0657. The molecule has 1 atom stereocenters. The van der Waals surface area contributed by atoms with E-state index in [2.05, 4.69) is 20.3 Å². The highest BCUT2D eigenvalue weighted by atomic mass is 35.5. The van der Waals surface area contributed by atoms with Crippen LogP contribution in [0.3, 0.4) is 0 Å². The van der Waals surface area contributed by atoms with Crippen LogP contribution in [0.1, 0.15) is 26.7 Å². The van der Waals surface area contributed by atoms with Crippen LogP contribution >= 0.6 is 11.6 Å². The molecule has 0 aromatic carbocycles. The molecular formula is C10H17ClN4O2. The lowest BCUT2D eigenvalue weighted by Crippen LogP contribution is -2.20. The summed E-state index contributed by atoms with van der Waals surface area (Å²) in [4.78, 5) is 11.7. The van der Waals surface area contributed by atoms with Gasteiger partial charge in [-0.3, -0.25) is 0 Å². The Bertz CT molecular complexity index is 351. The number of aliphatic hydroxyl groups excluding tert-OH is 1. The average molecular weight is 261 g/mol. The molecule has 0 saturated heterocycles. The Hall–Kier alpha value is -1.14. The first-order valence-corrected chi connectivity index (χ1v) is 5.99. The molecular weight excluding hydrogens is 244 g/mol. The molecule has 1 heterocycles. The minimum atomic E-state index is -0.425. The highest BCUT2D eigenvalue weighted by molar-refractivity contribution is 6.28. The van der Waals surface area contributed by atoms with Crippen LogP contribution in [0.2, 0.25) is 5.28 Å². The molecule has 0 fully saturated rings. The summed E-state index contributed by atoms with van der Waals surface area (Å²) >= 11 is 5.72. The lowest BCUT2D eigenvalue weighted by molar-refractivity contribution is 0.176. The summed E-state index contributed by atoms with van der Waals surface area (Å²) in [6.07, 6.45) is 1.22. The molecule has 17 heavy (non-hydrogen) atoms. The first-order valence-electron chi connectivity index (χ1n) is 5.62. The number of aliphatic hydroxyl groups is 1. The summed E-state index contributed by atoms with van der Waals surface area (Å²) in [6, 6.07) is 0.181. The van der Waals surface area contributed by atoms with Crippen LogP contribution in [0.15, 0.2) is 0 Å². The predicted molar refractivity (Wildman–Crippen MR) is 65.4 cm³/mol. The van der Waals surface area contributed by atoms with Gasteiger partial charge in [-0.15, -0.1) is 0 Å². The van der Waals surface area contributed by atoms with Gasteiger partial charge in [0.2, 0.25) is 11.2 Å². The van der Waals surface area contributed by atoms with E-state index < -0.39 is 6.10 Å². The Balaban J connectivity index is 2.57. The minimum Gasteiger partial charge on any atom is -0.464 e. The van der Waals surface area contributed by atoms with Crippen molar-refractivity contribution in [1.82, 2.24) is 15.0 Å². The standard InChI is InChI=1S/C10H17ClN4O2/c1-3-5-7(16)6-12-9-13-8(11)14-10(15-9)17-4-2/h7,16H,3-6H2,1-2H3,(H,12,13,14,15). The van der Waals surface area contributed by atoms with Crippen LogP contribution in [-0.4, -0.2) is 39.3 Å². The Morgan fingerprint density at radius 2 is 2.12 bits per heavy atom. The molecule has 0 aliphatic heterocycles. The van der Waals surface area contributed by atoms with Gasteiger partial charge in [0.15, 0.2) is 0 Å². The van der Waals surface area contributed by atoms with E-state index in [1.807, 2.05) is 13.8 Å². The average Bonchev–Trinajstić information content (AvgIpc) is 2.26. The number of aromatic nitrogens is 3. The number of nitrogens with one attached hydrogen (secondary N) is 1. The van der Waals surface area contributed by atoms with Gasteiger partial charge in [-0.05, 0) is 24.9 Å². The molecule has 7 heteroatoms. The van der Waals surface area contributed by atoms with Crippen molar-refractivity contribution in [3.8, 4) is 6.01 Å². The van der Waals surface area contributed by atoms with E-state index in [-0.39, 0.29) is 11.3 Å². The summed E-state index contributed by atoms with van der Waals surface area (Å²) in [7, 11) is 0. The summed E-state index contributed by atoms with van der Waals surface area (Å²) < 4.78 is 5.13. The summed E-state index contributed by atoms with van der Waals surface area (Å²) in [5.74, 6) is 0.309. The van der Waals surface area contributed by atoms with Crippen molar-refractivity contribution in [2.75, 3.05) is 18.5 Å². The van der Waals surface area contributed by atoms with Crippen LogP contribution in [0.5, 0.6) is 6.01 Å². The van der Waals surface area contributed by atoms with E-state index in [4.69, 9.17) is 16.3 Å². The number of halogens is 1. The lowest BCUT2D eigenvalue weighted by atomic mass is 10.2. The van der Waals surface area contributed by atoms with Gasteiger partial charge in [-0.25, -0.2) is 0 Å². The third-order valence-corrected chi connectivity index (χ3v) is 2.15. The van der Waals surface area contributed by atoms with Gasteiger partial charge in [0, 0.05) is 6.54 Å². The van der Waals surface area contributed by atoms with E-state index in [9.17, 15) is 5.11 Å². The molecule has 0 bridgehead atoms. The predicted octanol–water partition coefficient (Wildman–Crippen LogP) is 1.50. The van der Waals surface area contributed by atoms with Crippen LogP contribution in [-0.2, 0) is 0 Å². The van der Waals surface area contributed by atoms with Gasteiger partial charge in [-0.2, -0.15) is 15.0 Å². The Morgan fingerprint density at radius 3 is 2.76 bits per heavy atom. The number of anilines is 1. The van der Waals surface area contributed by atoms with Crippen molar-refractivity contribution < 1.29 is 9.84 Å². The number of nitrogens with zero attached hydrogens (tertiary/aromatic N) is 3. The highest BCUT2D eigenvalue weighted by Gasteiger charge is 2.07. The van der Waals surface area contributed by atoms with E-state index in [1.54, 1.807) is 0 Å². The van der Waals surface area contributed by atoms with Gasteiger partial charge in [-0.1, -0.05) is 13.3 Å². The molecule has 1 unspecified atom stereocenters. The van der Waals surface area contributed by atoms with Crippen molar-refractivity contribution in [3.63, 3.8) is 0 Å². The largest absolute Gasteiger partial charge is 0.464 e. The van der Waals surface area contributed by atoms with Crippen LogP contribution in [0, 0.1) is 0 Å². The van der Waals surface area contributed by atoms with Crippen molar-refractivity contribution in [3.05, 3.63) is 5.28 Å². The highest BCUT2D eigenvalue weighted by Crippen LogP contribution is 2.11. The third-order valence-electron chi connectivity index (χ3n) is 1.98. The first kappa shape index (κ1) is 13.9. The number of rotatable bonds is 7. The van der Waals surface area contributed by atoms with Gasteiger partial charge >= 0.3 is 6.01 Å². The quantitative estimate of drug-likeness (QED) is 0.773. The van der Waals surface area contributed by atoms with Crippen LogP contribution < -0.4 is 10.1 Å². The number of hydrogen-bond acceptors (Lipinski definition) is 6. The topological polar surface area (TPSA) is 80.2 Å². The zero-order valence-corrected chi connectivity index (χ0v) is 10.7. The second kappa shape index (κ2) is 7.24. The van der Waals surface area contributed by atoms with Crippen LogP contribution in [0.25, 0.3) is 0 Å². The Labute approximate surface area is 105 Å². The second-order valence-corrected chi connectivity index (χ2v) is 3.81.